The molecule has 0 aliphatic heterocycles. The van der Waals surface area contributed by atoms with Crippen molar-refractivity contribution in [3.05, 3.63) is 17.9 Å². The normalized spacial score (nSPS) is 11.8. The molecule has 0 aromatic heterocycles. The number of anilines is 2. The fraction of sp³-hybridized carbons (Fsp3) is 0.538. The quantitative estimate of drug-likeness (QED) is 0.791. The van der Waals surface area contributed by atoms with E-state index >= 15 is 0 Å². The molecule has 0 amide bonds. The number of nitrogen functional groups attached to an aromatic ring is 1. The minimum absolute atomic E-state index is 0.0928. The lowest BCUT2D eigenvalue weighted by Gasteiger charge is -2.31. The number of halogens is 3. The highest BCUT2D eigenvalue weighted by Gasteiger charge is 2.21. The van der Waals surface area contributed by atoms with Gasteiger partial charge in [-0.05, 0) is 20.8 Å². The summed E-state index contributed by atoms with van der Waals surface area (Å²) in [5.41, 5.74) is 5.13. The van der Waals surface area contributed by atoms with Crippen molar-refractivity contribution in [2.24, 2.45) is 0 Å². The van der Waals surface area contributed by atoms with Crippen LogP contribution in [0.5, 0.6) is 5.75 Å². The maximum atomic E-state index is 13.5. The fourth-order valence-corrected chi connectivity index (χ4v) is 1.85. The number of alkyl halides is 2. The first-order chi connectivity index (χ1) is 9.14. The van der Waals surface area contributed by atoms with Crippen LogP contribution in [0, 0.1) is 5.82 Å². The first-order valence-electron chi connectivity index (χ1n) is 6.15. The molecule has 0 radical (unpaired) electrons. The van der Waals surface area contributed by atoms with Crippen molar-refractivity contribution < 1.29 is 23.0 Å². The van der Waals surface area contributed by atoms with E-state index in [1.807, 2.05) is 6.92 Å². The molecule has 114 valence electrons. The van der Waals surface area contributed by atoms with Crippen LogP contribution < -0.4 is 15.4 Å². The van der Waals surface area contributed by atoms with E-state index in [9.17, 15) is 18.3 Å². The van der Waals surface area contributed by atoms with Crippen molar-refractivity contribution in [1.29, 1.82) is 0 Å². The maximum absolute atomic E-state index is 13.5. The third-order valence-electron chi connectivity index (χ3n) is 2.60. The van der Waals surface area contributed by atoms with Crippen LogP contribution in [0.1, 0.15) is 20.8 Å². The molecule has 0 spiro atoms. The molecule has 0 unspecified atom stereocenters. The van der Waals surface area contributed by atoms with Gasteiger partial charge in [-0.2, -0.15) is 8.78 Å². The van der Waals surface area contributed by atoms with Crippen molar-refractivity contribution in [2.45, 2.75) is 33.0 Å². The molecule has 0 aliphatic rings. The van der Waals surface area contributed by atoms with E-state index in [4.69, 9.17) is 5.73 Å². The van der Waals surface area contributed by atoms with Gasteiger partial charge in [0.1, 0.15) is 0 Å². The summed E-state index contributed by atoms with van der Waals surface area (Å²) in [6.45, 7) is 2.58. The van der Waals surface area contributed by atoms with Gasteiger partial charge in [-0.15, -0.1) is 0 Å². The zero-order chi connectivity index (χ0) is 15.5. The van der Waals surface area contributed by atoms with Crippen molar-refractivity contribution >= 4 is 11.4 Å². The zero-order valence-corrected chi connectivity index (χ0v) is 11.7. The average Bonchev–Trinajstić information content (AvgIpc) is 2.28. The van der Waals surface area contributed by atoms with Gasteiger partial charge in [-0.3, -0.25) is 0 Å². The second-order valence-electron chi connectivity index (χ2n) is 5.05. The van der Waals surface area contributed by atoms with Gasteiger partial charge in [-0.25, -0.2) is 4.39 Å². The van der Waals surface area contributed by atoms with Crippen LogP contribution in [-0.4, -0.2) is 30.4 Å². The summed E-state index contributed by atoms with van der Waals surface area (Å²) < 4.78 is 42.0. The topological polar surface area (TPSA) is 58.7 Å². The van der Waals surface area contributed by atoms with Crippen LogP contribution in [0.15, 0.2) is 12.1 Å². The number of benzene rings is 1. The smallest absolute Gasteiger partial charge is 0.387 e. The lowest BCUT2D eigenvalue weighted by atomic mass is 10.1. The molecule has 1 aromatic rings. The molecule has 0 bridgehead atoms. The van der Waals surface area contributed by atoms with Gasteiger partial charge in [0.25, 0.3) is 0 Å². The molecule has 0 heterocycles. The van der Waals surface area contributed by atoms with Crippen molar-refractivity contribution in [3.8, 4) is 5.75 Å². The lowest BCUT2D eigenvalue weighted by molar-refractivity contribution is -0.0521. The van der Waals surface area contributed by atoms with E-state index in [1.54, 1.807) is 18.7 Å². The Morgan fingerprint density at radius 1 is 1.40 bits per heavy atom. The van der Waals surface area contributed by atoms with E-state index in [-0.39, 0.29) is 12.2 Å². The highest BCUT2D eigenvalue weighted by Crippen LogP contribution is 2.32. The van der Waals surface area contributed by atoms with Crippen LogP contribution in [0.4, 0.5) is 24.5 Å². The highest BCUT2D eigenvalue weighted by atomic mass is 19.3. The van der Waals surface area contributed by atoms with Crippen LogP contribution >= 0.6 is 0 Å². The van der Waals surface area contributed by atoms with Gasteiger partial charge in [0.05, 0.1) is 17.0 Å². The molecule has 0 aliphatic carbocycles. The Kier molecular flexibility index (Phi) is 5.10. The van der Waals surface area contributed by atoms with Gasteiger partial charge < -0.3 is 20.5 Å². The summed E-state index contributed by atoms with van der Waals surface area (Å²) in [6, 6.07) is 2.05. The second kappa shape index (κ2) is 6.21. The largest absolute Gasteiger partial charge is 0.432 e. The summed E-state index contributed by atoms with van der Waals surface area (Å²) in [5, 5.41) is 9.83. The minimum atomic E-state index is -3.12. The number of nitrogens with zero attached hydrogens (tertiary/aromatic N) is 1. The zero-order valence-electron chi connectivity index (χ0n) is 11.7. The maximum Gasteiger partial charge on any atom is 0.387 e. The molecular weight excluding hydrogens is 273 g/mol. The molecule has 4 nitrogen and oxygen atoms in total. The minimum Gasteiger partial charge on any atom is -0.432 e. The van der Waals surface area contributed by atoms with Crippen molar-refractivity contribution in [1.82, 2.24) is 0 Å². The fourth-order valence-electron chi connectivity index (χ4n) is 1.85. The van der Waals surface area contributed by atoms with Crippen LogP contribution in [0.2, 0.25) is 0 Å². The predicted molar refractivity (Wildman–Crippen MR) is 71.6 cm³/mol. The van der Waals surface area contributed by atoms with Crippen LogP contribution in [0.25, 0.3) is 0 Å². The Balaban J connectivity index is 3.14. The number of aliphatic hydroxyl groups is 1. The Bertz CT molecular complexity index is 462. The standard InChI is InChI=1S/C13H19F3N2O2/c1-4-18(7-13(2,3)19)10-6-11(20-12(15)16)8(14)5-9(10)17/h5-6,12,19H,4,7,17H2,1-3H3. The summed E-state index contributed by atoms with van der Waals surface area (Å²) in [7, 11) is 0. The molecule has 1 aromatic carbocycles. The monoisotopic (exact) mass is 292 g/mol. The van der Waals surface area contributed by atoms with Crippen LogP contribution in [-0.2, 0) is 0 Å². The number of ether oxygens (including phenoxy) is 1. The SMILES string of the molecule is CCN(CC(C)(C)O)c1cc(OC(F)F)c(F)cc1N. The van der Waals surface area contributed by atoms with E-state index < -0.39 is 23.8 Å². The number of hydrogen-bond donors (Lipinski definition) is 2. The van der Waals surface area contributed by atoms with E-state index in [2.05, 4.69) is 4.74 Å². The second-order valence-corrected chi connectivity index (χ2v) is 5.05. The van der Waals surface area contributed by atoms with Gasteiger partial charge in [-0.1, -0.05) is 0 Å². The number of nitrogens with two attached hydrogens (primary N) is 1. The van der Waals surface area contributed by atoms with Gasteiger partial charge >= 0.3 is 6.61 Å². The Morgan fingerprint density at radius 3 is 2.45 bits per heavy atom. The highest BCUT2D eigenvalue weighted by molar-refractivity contribution is 5.70. The first kappa shape index (κ1) is 16.4. The Hall–Kier alpha value is -1.63. The molecule has 0 saturated heterocycles. The summed E-state index contributed by atoms with van der Waals surface area (Å²) in [4.78, 5) is 1.66. The Labute approximate surface area is 115 Å². The van der Waals surface area contributed by atoms with Gasteiger partial charge in [0.2, 0.25) is 0 Å². The molecule has 0 atom stereocenters. The third-order valence-corrected chi connectivity index (χ3v) is 2.60. The summed E-state index contributed by atoms with van der Waals surface area (Å²) >= 11 is 0. The summed E-state index contributed by atoms with van der Waals surface area (Å²) in [5.74, 6) is -1.52. The molecular formula is C13H19F3N2O2. The number of likely N-dealkylation sites (N-methyl/N-ethyl adjacent to an activating group) is 1. The van der Waals surface area contributed by atoms with Crippen molar-refractivity contribution in [2.75, 3.05) is 23.7 Å². The Morgan fingerprint density at radius 2 is 2.00 bits per heavy atom. The first-order valence-corrected chi connectivity index (χ1v) is 6.15. The molecule has 0 fully saturated rings. The van der Waals surface area contributed by atoms with Crippen molar-refractivity contribution in [3.63, 3.8) is 0 Å². The third kappa shape index (κ3) is 4.48. The lowest BCUT2D eigenvalue weighted by Crippen LogP contribution is -2.39. The molecule has 1 rings (SSSR count). The molecule has 0 saturated carbocycles. The number of rotatable bonds is 6. The average molecular weight is 292 g/mol. The van der Waals surface area contributed by atoms with E-state index in [0.29, 0.717) is 12.2 Å². The van der Waals surface area contributed by atoms with Gasteiger partial charge in [0.15, 0.2) is 11.6 Å². The van der Waals surface area contributed by atoms with E-state index in [0.717, 1.165) is 12.1 Å². The molecule has 3 N–H and O–H groups in total. The summed E-state index contributed by atoms with van der Waals surface area (Å²) in [6.07, 6.45) is 0. The van der Waals surface area contributed by atoms with Crippen LogP contribution in [0.3, 0.4) is 0 Å². The van der Waals surface area contributed by atoms with E-state index in [1.165, 1.54) is 0 Å². The molecule has 7 heteroatoms. The molecule has 20 heavy (non-hydrogen) atoms. The van der Waals surface area contributed by atoms with Gasteiger partial charge in [0, 0.05) is 25.2 Å². The number of hydrogen-bond acceptors (Lipinski definition) is 4. The predicted octanol–water partition coefficient (Wildman–Crippen LogP) is 2.61.